The van der Waals surface area contributed by atoms with Gasteiger partial charge in [-0.1, -0.05) is 0 Å². The molecule has 0 rings (SSSR count). The van der Waals surface area contributed by atoms with E-state index in [2.05, 4.69) is 0 Å². The molecule has 3 nitrogen and oxygen atoms in total. The predicted octanol–water partition coefficient (Wildman–Crippen LogP) is -4.11. The Balaban J connectivity index is -0.0000000450. The summed E-state index contributed by atoms with van der Waals surface area (Å²) in [5.74, 6) is 0. The van der Waals surface area contributed by atoms with Crippen molar-refractivity contribution in [2.75, 3.05) is 0 Å². The van der Waals surface area contributed by atoms with Gasteiger partial charge in [-0.05, 0) is 0 Å². The Kier molecular flexibility index (Phi) is 25.6. The number of hydrogen-bond donors (Lipinski definition) is 1. The van der Waals surface area contributed by atoms with Gasteiger partial charge in [-0.25, -0.2) is 0 Å². The molecule has 0 aromatic rings. The maximum atomic E-state index is 8.44. The molecule has 0 aromatic carbocycles. The van der Waals surface area contributed by atoms with Crippen molar-refractivity contribution in [1.29, 1.82) is 0 Å². The summed E-state index contributed by atoms with van der Waals surface area (Å²) in [6, 6.07) is 0. The van der Waals surface area contributed by atoms with E-state index >= 15 is 0 Å². The van der Waals surface area contributed by atoms with Gasteiger partial charge in [0.25, 0.3) is 0 Å². The zero-order valence-electron chi connectivity index (χ0n) is 3.07. The van der Waals surface area contributed by atoms with Gasteiger partial charge in [0, 0.05) is 22.4 Å². The summed E-state index contributed by atoms with van der Waals surface area (Å²) >= 11 is 0. The molecule has 6 heavy (non-hydrogen) atoms. The third kappa shape index (κ3) is 45.0. The van der Waals surface area contributed by atoms with Gasteiger partial charge >= 0.3 is 51.4 Å². The van der Waals surface area contributed by atoms with E-state index in [1.54, 1.807) is 0 Å². The Morgan fingerprint density at radius 2 is 1.67 bits per heavy atom. The van der Waals surface area contributed by atoms with Crippen LogP contribution >= 0.6 is 0 Å². The smallest absolute Gasteiger partial charge is 0.565 e. The van der Waals surface area contributed by atoms with E-state index in [1.165, 1.54) is 0 Å². The van der Waals surface area contributed by atoms with Crippen molar-refractivity contribution in [3.8, 4) is 0 Å². The van der Waals surface area contributed by atoms with E-state index in [0.717, 1.165) is 0 Å². The molecule has 0 aliphatic carbocycles. The molecular formula is CHAuKO3. The van der Waals surface area contributed by atoms with Crippen molar-refractivity contribution in [3.05, 3.63) is 0 Å². The second-order valence-corrected chi connectivity index (χ2v) is 0.266. The molecule has 0 bridgehead atoms. The molecule has 0 atom stereocenters. The second kappa shape index (κ2) is 9.82. The van der Waals surface area contributed by atoms with Gasteiger partial charge in [-0.2, -0.15) is 0 Å². The zero-order chi connectivity index (χ0) is 3.58. The van der Waals surface area contributed by atoms with Crippen LogP contribution in [-0.4, -0.2) is 11.3 Å². The molecule has 0 saturated carbocycles. The first-order chi connectivity index (χ1) is 1.73. The average molecular weight is 297 g/mol. The fourth-order valence-corrected chi connectivity index (χ4v) is 0. The molecule has 0 amide bonds. The summed E-state index contributed by atoms with van der Waals surface area (Å²) in [6.45, 7) is 0. The Labute approximate surface area is 93.0 Å². The second-order valence-electron chi connectivity index (χ2n) is 0.266. The molecule has 0 spiro atoms. The molecule has 5 heteroatoms. The van der Waals surface area contributed by atoms with Gasteiger partial charge in [0.15, 0.2) is 0 Å². The van der Waals surface area contributed by atoms with Crippen LogP contribution in [0.25, 0.3) is 0 Å². The summed E-state index contributed by atoms with van der Waals surface area (Å²) in [5.41, 5.74) is 0. The van der Waals surface area contributed by atoms with Crippen LogP contribution in [0.2, 0.25) is 0 Å². The molecule has 0 saturated heterocycles. The van der Waals surface area contributed by atoms with E-state index < -0.39 is 6.16 Å². The van der Waals surface area contributed by atoms with Gasteiger partial charge in [0.05, 0.1) is 0 Å². The molecule has 35 valence electrons. The summed E-state index contributed by atoms with van der Waals surface area (Å²) in [4.78, 5) is 8.44. The minimum absolute atomic E-state index is 0. The first kappa shape index (κ1) is 15.6. The minimum atomic E-state index is -2.08. The Morgan fingerprint density at radius 1 is 1.67 bits per heavy atom. The topological polar surface area (TPSA) is 60.4 Å². The minimum Gasteiger partial charge on any atom is -0.565 e. The largest absolute Gasteiger partial charge is 1.00 e. The molecule has 0 aromatic heterocycles. The SMILES string of the molecule is O=C([O-])O.[Au].[K+]. The zero-order valence-corrected chi connectivity index (χ0v) is 8.35. The molecule has 0 heterocycles. The normalized spacial score (nSPS) is 4.00. The number of carboxylic acid groups (broad SMARTS) is 2. The molecule has 0 unspecified atom stereocenters. The van der Waals surface area contributed by atoms with Crippen LogP contribution in [0.15, 0.2) is 0 Å². The summed E-state index contributed by atoms with van der Waals surface area (Å²) in [6.07, 6.45) is -2.08. The van der Waals surface area contributed by atoms with Crippen LogP contribution in [0.5, 0.6) is 0 Å². The monoisotopic (exact) mass is 297 g/mol. The fraction of sp³-hybridized carbons (Fsp3) is 0. The number of rotatable bonds is 0. The first-order valence-electron chi connectivity index (χ1n) is 0.632. The van der Waals surface area contributed by atoms with Gasteiger partial charge < -0.3 is 15.0 Å². The Morgan fingerprint density at radius 3 is 1.67 bits per heavy atom. The van der Waals surface area contributed by atoms with E-state index in [4.69, 9.17) is 15.0 Å². The third-order valence-corrected chi connectivity index (χ3v) is 0. The molecule has 1 N–H and O–H groups in total. The van der Waals surface area contributed by atoms with Crippen LogP contribution in [0.1, 0.15) is 0 Å². The fourth-order valence-electron chi connectivity index (χ4n) is 0. The molecular weight excluding hydrogens is 296 g/mol. The van der Waals surface area contributed by atoms with Crippen LogP contribution in [-0.2, 0) is 22.4 Å². The van der Waals surface area contributed by atoms with Crippen molar-refractivity contribution < 1.29 is 88.8 Å². The van der Waals surface area contributed by atoms with Gasteiger partial charge in [-0.15, -0.1) is 0 Å². The van der Waals surface area contributed by atoms with Crippen molar-refractivity contribution >= 4 is 6.16 Å². The molecule has 0 aliphatic heterocycles. The molecule has 0 aliphatic rings. The first-order valence-corrected chi connectivity index (χ1v) is 0.632. The predicted molar refractivity (Wildman–Crippen MR) is 8.02 cm³/mol. The third-order valence-electron chi connectivity index (χ3n) is 0. The van der Waals surface area contributed by atoms with E-state index in [9.17, 15) is 0 Å². The van der Waals surface area contributed by atoms with Crippen LogP contribution < -0.4 is 56.5 Å². The summed E-state index contributed by atoms with van der Waals surface area (Å²) in [5, 5.41) is 15.3. The van der Waals surface area contributed by atoms with Gasteiger partial charge in [0.1, 0.15) is 0 Å². The summed E-state index contributed by atoms with van der Waals surface area (Å²) in [7, 11) is 0. The van der Waals surface area contributed by atoms with Gasteiger partial charge in [-0.3, -0.25) is 0 Å². The quantitative estimate of drug-likeness (QED) is 0.462. The summed E-state index contributed by atoms with van der Waals surface area (Å²) < 4.78 is 0. The van der Waals surface area contributed by atoms with Crippen LogP contribution in [0, 0.1) is 0 Å². The average Bonchev–Trinajstić information content (AvgIpc) is 0.811. The van der Waals surface area contributed by atoms with Gasteiger partial charge in [0.2, 0.25) is 6.16 Å². The maximum absolute atomic E-state index is 8.44. The molecule has 0 fully saturated rings. The maximum Gasteiger partial charge on any atom is 1.00 e. The van der Waals surface area contributed by atoms with Crippen molar-refractivity contribution in [1.82, 2.24) is 0 Å². The van der Waals surface area contributed by atoms with Crippen molar-refractivity contribution in [3.63, 3.8) is 0 Å². The van der Waals surface area contributed by atoms with Crippen LogP contribution in [0.4, 0.5) is 4.79 Å². The number of carbonyl (C=O) groups is 1. The van der Waals surface area contributed by atoms with E-state index in [0.29, 0.717) is 0 Å². The Hall–Kier alpha value is 1.65. The van der Waals surface area contributed by atoms with Crippen LogP contribution in [0.3, 0.4) is 0 Å². The van der Waals surface area contributed by atoms with Crippen molar-refractivity contribution in [2.24, 2.45) is 0 Å². The van der Waals surface area contributed by atoms with E-state index in [1.807, 2.05) is 0 Å². The molecule has 1 radical (unpaired) electrons. The standard InChI is InChI=1S/CH2O3.Au.K/c2-1(3)4;;/h(H2,2,3,4);;/q;;+1/p-1. The Bertz CT molecular complexity index is 33.8. The van der Waals surface area contributed by atoms with E-state index in [-0.39, 0.29) is 73.8 Å². The van der Waals surface area contributed by atoms with Crippen molar-refractivity contribution in [2.45, 2.75) is 0 Å². The number of hydrogen-bond acceptors (Lipinski definition) is 2.